The molecule has 7 nitrogen and oxygen atoms in total. The zero-order valence-corrected chi connectivity index (χ0v) is 20.1. The summed E-state index contributed by atoms with van der Waals surface area (Å²) in [5, 5.41) is 4.22. The normalized spacial score (nSPS) is 16.2. The molecule has 0 radical (unpaired) electrons. The van der Waals surface area contributed by atoms with Crippen molar-refractivity contribution in [3.8, 4) is 22.8 Å². The minimum Gasteiger partial charge on any atom is -0.454 e. The molecule has 2 aromatic carbocycles. The number of anilines is 1. The summed E-state index contributed by atoms with van der Waals surface area (Å²) in [4.78, 5) is 6.67. The standard InChI is InChI=1S/C26H29F3N4O3/c1-2-31(17-22-16-23(30-36-22)19-6-7-24-25(14-19)35-18-34-24)8-9-32-10-12-33(13-11-32)21-5-3-4-20(15-21)26(27,28)29/h3-7,14-16H,2,8-13,17-18H2,1H3. The van der Waals surface area contributed by atoms with Crippen molar-refractivity contribution in [3.05, 3.63) is 59.9 Å². The van der Waals surface area contributed by atoms with Gasteiger partial charge in [-0.1, -0.05) is 18.1 Å². The van der Waals surface area contributed by atoms with E-state index in [1.165, 1.54) is 12.1 Å². The topological polar surface area (TPSA) is 54.2 Å². The maximum absolute atomic E-state index is 13.0. The highest BCUT2D eigenvalue weighted by atomic mass is 19.4. The third-order valence-electron chi connectivity index (χ3n) is 6.70. The molecule has 0 bridgehead atoms. The number of nitrogens with zero attached hydrogens (tertiary/aromatic N) is 4. The van der Waals surface area contributed by atoms with E-state index >= 15 is 0 Å². The van der Waals surface area contributed by atoms with Crippen molar-refractivity contribution >= 4 is 5.69 Å². The lowest BCUT2D eigenvalue weighted by atomic mass is 10.1. The molecule has 0 amide bonds. The maximum Gasteiger partial charge on any atom is 0.416 e. The Morgan fingerprint density at radius 3 is 2.56 bits per heavy atom. The molecule has 0 unspecified atom stereocenters. The first-order valence-corrected chi connectivity index (χ1v) is 12.1. The molecule has 3 heterocycles. The fourth-order valence-corrected chi connectivity index (χ4v) is 4.54. The smallest absolute Gasteiger partial charge is 0.416 e. The van der Waals surface area contributed by atoms with E-state index in [-0.39, 0.29) is 6.79 Å². The Morgan fingerprint density at radius 2 is 1.78 bits per heavy atom. The van der Waals surface area contributed by atoms with Crippen molar-refractivity contribution in [1.82, 2.24) is 15.0 Å². The predicted octanol–water partition coefficient (Wildman–Crippen LogP) is 4.73. The minimum absolute atomic E-state index is 0.231. The molecular formula is C26H29F3N4O3. The van der Waals surface area contributed by atoms with E-state index in [0.717, 1.165) is 61.6 Å². The number of alkyl halides is 3. The lowest BCUT2D eigenvalue weighted by Crippen LogP contribution is -2.48. The summed E-state index contributed by atoms with van der Waals surface area (Å²) in [7, 11) is 0. The molecule has 1 fully saturated rings. The highest BCUT2D eigenvalue weighted by molar-refractivity contribution is 5.64. The first-order chi connectivity index (χ1) is 17.4. The third kappa shape index (κ3) is 5.60. The van der Waals surface area contributed by atoms with Crippen LogP contribution in [-0.4, -0.2) is 67.6 Å². The molecule has 0 spiro atoms. The van der Waals surface area contributed by atoms with Crippen LogP contribution in [0.1, 0.15) is 18.2 Å². The van der Waals surface area contributed by atoms with Gasteiger partial charge in [0.05, 0.1) is 12.1 Å². The van der Waals surface area contributed by atoms with Gasteiger partial charge < -0.3 is 18.9 Å². The van der Waals surface area contributed by atoms with E-state index in [1.807, 2.05) is 29.2 Å². The van der Waals surface area contributed by atoms with Crippen LogP contribution in [0.15, 0.2) is 53.1 Å². The van der Waals surface area contributed by atoms with Crippen molar-refractivity contribution in [1.29, 1.82) is 0 Å². The molecule has 0 saturated carbocycles. The number of halogens is 3. The van der Waals surface area contributed by atoms with Gasteiger partial charge in [-0.3, -0.25) is 9.80 Å². The van der Waals surface area contributed by atoms with Gasteiger partial charge in [0.25, 0.3) is 0 Å². The lowest BCUT2D eigenvalue weighted by molar-refractivity contribution is -0.137. The van der Waals surface area contributed by atoms with E-state index in [1.54, 1.807) is 6.07 Å². The second-order valence-corrected chi connectivity index (χ2v) is 8.99. The molecule has 36 heavy (non-hydrogen) atoms. The highest BCUT2D eigenvalue weighted by Crippen LogP contribution is 2.36. The number of fused-ring (bicyclic) bond motifs is 1. The minimum atomic E-state index is -4.32. The first kappa shape index (κ1) is 24.5. The van der Waals surface area contributed by atoms with Crippen LogP contribution < -0.4 is 14.4 Å². The van der Waals surface area contributed by atoms with Crippen LogP contribution in [0.2, 0.25) is 0 Å². The van der Waals surface area contributed by atoms with Crippen LogP contribution in [0.25, 0.3) is 11.3 Å². The molecular weight excluding hydrogens is 473 g/mol. The number of ether oxygens (including phenoxy) is 2. The van der Waals surface area contributed by atoms with Crippen LogP contribution in [-0.2, 0) is 12.7 Å². The van der Waals surface area contributed by atoms with Crippen molar-refractivity contribution < 1.29 is 27.2 Å². The summed E-state index contributed by atoms with van der Waals surface area (Å²) in [6, 6.07) is 13.2. The van der Waals surface area contributed by atoms with Gasteiger partial charge in [-0.05, 0) is 42.9 Å². The van der Waals surface area contributed by atoms with Crippen LogP contribution in [0.5, 0.6) is 11.5 Å². The highest BCUT2D eigenvalue weighted by Gasteiger charge is 2.31. The number of hydrogen-bond donors (Lipinski definition) is 0. The molecule has 0 aliphatic carbocycles. The zero-order valence-electron chi connectivity index (χ0n) is 20.1. The molecule has 10 heteroatoms. The summed E-state index contributed by atoms with van der Waals surface area (Å²) in [5.41, 5.74) is 1.69. The van der Waals surface area contributed by atoms with Gasteiger partial charge in [-0.15, -0.1) is 0 Å². The van der Waals surface area contributed by atoms with Crippen LogP contribution in [0.4, 0.5) is 18.9 Å². The van der Waals surface area contributed by atoms with Gasteiger partial charge in [0.2, 0.25) is 6.79 Å². The molecule has 0 atom stereocenters. The fourth-order valence-electron chi connectivity index (χ4n) is 4.54. The molecule has 3 aromatic rings. The Bertz CT molecular complexity index is 1180. The van der Waals surface area contributed by atoms with Gasteiger partial charge in [0.15, 0.2) is 17.3 Å². The quantitative estimate of drug-likeness (QED) is 0.441. The zero-order chi connectivity index (χ0) is 25.1. The predicted molar refractivity (Wildman–Crippen MR) is 129 cm³/mol. The van der Waals surface area contributed by atoms with Crippen molar-refractivity contribution in [3.63, 3.8) is 0 Å². The van der Waals surface area contributed by atoms with Crippen molar-refractivity contribution in [2.75, 3.05) is 57.5 Å². The third-order valence-corrected chi connectivity index (χ3v) is 6.70. The van der Waals surface area contributed by atoms with E-state index in [0.29, 0.717) is 31.1 Å². The van der Waals surface area contributed by atoms with Crippen LogP contribution in [0, 0.1) is 0 Å². The van der Waals surface area contributed by atoms with E-state index < -0.39 is 11.7 Å². The summed E-state index contributed by atoms with van der Waals surface area (Å²) in [5.74, 6) is 2.23. The van der Waals surface area contributed by atoms with E-state index in [4.69, 9.17) is 14.0 Å². The van der Waals surface area contributed by atoms with Gasteiger partial charge in [0.1, 0.15) is 5.69 Å². The monoisotopic (exact) mass is 502 g/mol. The Kier molecular flexibility index (Phi) is 7.06. The van der Waals surface area contributed by atoms with Gasteiger partial charge in [-0.2, -0.15) is 13.2 Å². The van der Waals surface area contributed by atoms with Crippen LogP contribution in [0.3, 0.4) is 0 Å². The second-order valence-electron chi connectivity index (χ2n) is 8.99. The number of benzene rings is 2. The number of aromatic nitrogens is 1. The Balaban J connectivity index is 1.11. The Morgan fingerprint density at radius 1 is 0.972 bits per heavy atom. The number of piperazine rings is 1. The first-order valence-electron chi connectivity index (χ1n) is 12.1. The van der Waals surface area contributed by atoms with Crippen molar-refractivity contribution in [2.24, 2.45) is 0 Å². The van der Waals surface area contributed by atoms with E-state index in [9.17, 15) is 13.2 Å². The van der Waals surface area contributed by atoms with Gasteiger partial charge in [-0.25, -0.2) is 0 Å². The molecule has 5 rings (SSSR count). The van der Waals surface area contributed by atoms with E-state index in [2.05, 4.69) is 21.9 Å². The summed E-state index contributed by atoms with van der Waals surface area (Å²) >= 11 is 0. The largest absolute Gasteiger partial charge is 0.454 e. The summed E-state index contributed by atoms with van der Waals surface area (Å²) in [6.07, 6.45) is -4.32. The fraction of sp³-hybridized carbons (Fsp3) is 0.423. The lowest BCUT2D eigenvalue weighted by Gasteiger charge is -2.37. The Hall–Kier alpha value is -3.24. The van der Waals surface area contributed by atoms with Crippen molar-refractivity contribution in [2.45, 2.75) is 19.6 Å². The molecule has 0 N–H and O–H groups in total. The number of hydrogen-bond acceptors (Lipinski definition) is 7. The molecule has 2 aliphatic rings. The molecule has 192 valence electrons. The van der Waals surface area contributed by atoms with Gasteiger partial charge in [0, 0.05) is 56.6 Å². The summed E-state index contributed by atoms with van der Waals surface area (Å²) < 4.78 is 55.5. The number of rotatable bonds is 8. The maximum atomic E-state index is 13.0. The average molecular weight is 503 g/mol. The van der Waals surface area contributed by atoms with Gasteiger partial charge >= 0.3 is 6.18 Å². The van der Waals surface area contributed by atoms with Crippen LogP contribution >= 0.6 is 0 Å². The average Bonchev–Trinajstić information content (AvgIpc) is 3.55. The summed E-state index contributed by atoms with van der Waals surface area (Å²) in [6.45, 7) is 8.63. The molecule has 2 aliphatic heterocycles. The molecule has 1 saturated heterocycles. The Labute approximate surface area is 208 Å². The SMILES string of the molecule is CCN(CCN1CCN(c2cccc(C(F)(F)F)c2)CC1)Cc1cc(-c2ccc3c(c2)OCO3)no1. The second kappa shape index (κ2) is 10.4. The molecule has 1 aromatic heterocycles. The number of likely N-dealkylation sites (N-methyl/N-ethyl adjacent to an activating group) is 1.